The second kappa shape index (κ2) is 20.1. The van der Waals surface area contributed by atoms with Crippen molar-refractivity contribution in [3.63, 3.8) is 0 Å². The van der Waals surface area contributed by atoms with Crippen LogP contribution in [0, 0.1) is 17.3 Å². The Kier molecular flexibility index (Phi) is 17.8. The summed E-state index contributed by atoms with van der Waals surface area (Å²) >= 11 is 1.87. The van der Waals surface area contributed by atoms with Crippen LogP contribution in [0.3, 0.4) is 0 Å². The van der Waals surface area contributed by atoms with Gasteiger partial charge in [0.15, 0.2) is 25.0 Å². The summed E-state index contributed by atoms with van der Waals surface area (Å²) in [5.41, 5.74) is -0.900. The van der Waals surface area contributed by atoms with E-state index in [4.69, 9.17) is 18.0 Å². The van der Waals surface area contributed by atoms with Crippen molar-refractivity contribution in [1.82, 2.24) is 0 Å². The Labute approximate surface area is 360 Å². The van der Waals surface area contributed by atoms with Gasteiger partial charge in [-0.2, -0.15) is 0 Å². The molecule has 1 aromatic heterocycles. The Balaban J connectivity index is 1.94. The number of ether oxygens (including phenoxy) is 1. The van der Waals surface area contributed by atoms with Crippen LogP contribution in [0.25, 0.3) is 10.1 Å². The van der Waals surface area contributed by atoms with E-state index in [0.717, 1.165) is 38.5 Å². The highest BCUT2D eigenvalue weighted by atomic mass is 32.1. The molecule has 0 radical (unpaired) electrons. The fourth-order valence-corrected chi connectivity index (χ4v) is 12.4. The molecule has 0 bridgehead atoms. The molecule has 3 N–H and O–H groups in total. The highest BCUT2D eigenvalue weighted by molar-refractivity contribution is 7.19. The molecule has 8 nitrogen and oxygen atoms in total. The SMILES string of the molecule is CC(CO)(CO)COC(=O)CC(O)CCCC[C@@H]1[C@@H](CCC(O[Si](C)(C)C(C)(C)C)c2cc3ccccc3s2)[C@H](O[Si](C)(C)C(C)(C)C)C[C@@H]1O[Si](C)(C)C(C)(C)C. The lowest BCUT2D eigenvalue weighted by Crippen LogP contribution is -2.45. The molecule has 1 fully saturated rings. The van der Waals surface area contributed by atoms with Gasteiger partial charge in [0.2, 0.25) is 0 Å². The van der Waals surface area contributed by atoms with E-state index in [-0.39, 0.29) is 71.5 Å². The monoisotopic (exact) mass is 881 g/mol. The van der Waals surface area contributed by atoms with Gasteiger partial charge in [-0.3, -0.25) is 4.79 Å². The number of hydrogen-bond donors (Lipinski definition) is 3. The molecule has 1 aliphatic rings. The predicted molar refractivity (Wildman–Crippen MR) is 250 cm³/mol. The van der Waals surface area contributed by atoms with Crippen molar-refractivity contribution in [1.29, 1.82) is 0 Å². The van der Waals surface area contributed by atoms with Crippen molar-refractivity contribution in [2.75, 3.05) is 19.8 Å². The first-order valence-electron chi connectivity index (χ1n) is 22.0. The minimum atomic E-state index is -2.14. The van der Waals surface area contributed by atoms with Gasteiger partial charge < -0.3 is 33.3 Å². The number of aliphatic hydroxyl groups excluding tert-OH is 3. The van der Waals surface area contributed by atoms with Crippen molar-refractivity contribution < 1.29 is 38.1 Å². The second-order valence-electron chi connectivity index (χ2n) is 22.5. The van der Waals surface area contributed by atoms with E-state index in [0.29, 0.717) is 6.42 Å². The average Bonchev–Trinajstić information content (AvgIpc) is 3.66. The van der Waals surface area contributed by atoms with Crippen LogP contribution in [0.15, 0.2) is 30.3 Å². The number of esters is 1. The van der Waals surface area contributed by atoms with Gasteiger partial charge in [-0.25, -0.2) is 0 Å². The Bertz CT molecular complexity index is 1550. The topological polar surface area (TPSA) is 115 Å². The zero-order valence-corrected chi connectivity index (χ0v) is 43.2. The number of unbranched alkanes of at least 4 members (excludes halogenated alkanes) is 1. The molecule has 0 aliphatic heterocycles. The summed E-state index contributed by atoms with van der Waals surface area (Å²) in [6, 6.07) is 11.0. The number of benzene rings is 1. The van der Waals surface area contributed by atoms with Crippen LogP contribution in [-0.4, -0.2) is 84.4 Å². The van der Waals surface area contributed by atoms with E-state index in [1.807, 2.05) is 11.3 Å². The summed E-state index contributed by atoms with van der Waals surface area (Å²) in [6.07, 6.45) is 5.16. The maximum Gasteiger partial charge on any atom is 0.308 e. The first-order chi connectivity index (χ1) is 26.5. The van der Waals surface area contributed by atoms with E-state index < -0.39 is 42.4 Å². The quantitative estimate of drug-likeness (QED) is 0.0645. The second-order valence-corrected chi connectivity index (χ2v) is 37.8. The van der Waals surface area contributed by atoms with Gasteiger partial charge in [0.05, 0.1) is 44.1 Å². The largest absolute Gasteiger partial charge is 0.465 e. The number of hydrogen-bond acceptors (Lipinski definition) is 9. The number of fused-ring (bicyclic) bond motifs is 1. The molecule has 0 saturated heterocycles. The molecule has 1 aromatic carbocycles. The summed E-state index contributed by atoms with van der Waals surface area (Å²) in [7, 11) is -6.39. The summed E-state index contributed by atoms with van der Waals surface area (Å²) < 4.78 is 28.8. The fourth-order valence-electron chi connectivity index (χ4n) is 7.12. The molecule has 6 atom stereocenters. The standard InChI is InChI=1S/C46H84O8SSi3/c1-43(2,3)56(11,12)52-37(41-27-33-21-17-20-24-40(33)55-41)26-25-36-35(23-19-18-22-34(49)28-42(50)51-32-46(10,30-47)31-48)38(53-57(13,14)44(4,5)6)29-39(36)54-58(15,16)45(7,8)9/h17,20-21,24,27,34-39,47-49H,18-19,22-23,25-26,28-32H2,1-16H3/t34?,35-,36-,37?,38+,39-/m1/s1. The minimum absolute atomic E-state index is 0.00431. The van der Waals surface area contributed by atoms with Crippen molar-refractivity contribution in [2.45, 2.75) is 199 Å². The lowest BCUT2D eigenvalue weighted by atomic mass is 9.84. The minimum Gasteiger partial charge on any atom is -0.465 e. The van der Waals surface area contributed by atoms with Crippen LogP contribution in [-0.2, 0) is 22.8 Å². The zero-order chi connectivity index (χ0) is 44.1. The van der Waals surface area contributed by atoms with Crippen LogP contribution >= 0.6 is 11.3 Å². The third kappa shape index (κ3) is 13.8. The van der Waals surface area contributed by atoms with Gasteiger partial charge in [0.25, 0.3) is 0 Å². The van der Waals surface area contributed by atoms with E-state index in [9.17, 15) is 20.1 Å². The molecular formula is C46H84O8SSi3. The van der Waals surface area contributed by atoms with Gasteiger partial charge >= 0.3 is 5.97 Å². The van der Waals surface area contributed by atoms with E-state index >= 15 is 0 Å². The number of rotatable bonds is 21. The molecule has 1 heterocycles. The number of carbonyl (C=O) groups is 1. The molecule has 334 valence electrons. The summed E-state index contributed by atoms with van der Waals surface area (Å²) in [5, 5.41) is 31.5. The van der Waals surface area contributed by atoms with Crippen molar-refractivity contribution in [2.24, 2.45) is 17.3 Å². The average molecular weight is 881 g/mol. The van der Waals surface area contributed by atoms with E-state index in [1.165, 1.54) is 15.0 Å². The Morgan fingerprint density at radius 2 is 1.28 bits per heavy atom. The Hall–Kier alpha value is -0.939. The normalized spacial score (nSPS) is 21.4. The fraction of sp³-hybridized carbons (Fsp3) is 0.804. The molecule has 0 amide bonds. The Morgan fingerprint density at radius 1 is 0.759 bits per heavy atom. The highest BCUT2D eigenvalue weighted by Crippen LogP contribution is 2.51. The summed E-state index contributed by atoms with van der Waals surface area (Å²) in [6.45, 7) is 36.1. The van der Waals surface area contributed by atoms with E-state index in [1.54, 1.807) is 6.92 Å². The zero-order valence-electron chi connectivity index (χ0n) is 39.4. The molecule has 3 rings (SSSR count). The van der Waals surface area contributed by atoms with Gasteiger partial charge in [0, 0.05) is 15.0 Å². The van der Waals surface area contributed by atoms with Gasteiger partial charge in [-0.15, -0.1) is 11.3 Å². The van der Waals surface area contributed by atoms with Crippen LogP contribution in [0.2, 0.25) is 54.4 Å². The Morgan fingerprint density at radius 3 is 1.78 bits per heavy atom. The maximum atomic E-state index is 12.5. The van der Waals surface area contributed by atoms with E-state index in [2.05, 4.69) is 132 Å². The lowest BCUT2D eigenvalue weighted by molar-refractivity contribution is -0.151. The molecule has 1 aliphatic carbocycles. The third-order valence-corrected chi connectivity index (χ3v) is 29.0. The molecule has 12 heteroatoms. The molecule has 2 unspecified atom stereocenters. The first-order valence-corrected chi connectivity index (χ1v) is 31.6. The predicted octanol–water partition coefficient (Wildman–Crippen LogP) is 12.0. The van der Waals surface area contributed by atoms with Gasteiger partial charge in [-0.1, -0.05) is 100 Å². The maximum absolute atomic E-state index is 12.5. The van der Waals surface area contributed by atoms with Crippen LogP contribution in [0.5, 0.6) is 0 Å². The van der Waals surface area contributed by atoms with Crippen LogP contribution < -0.4 is 0 Å². The first kappa shape index (κ1) is 51.4. The third-order valence-electron chi connectivity index (χ3n) is 14.3. The van der Waals surface area contributed by atoms with Crippen molar-refractivity contribution >= 4 is 52.3 Å². The smallest absolute Gasteiger partial charge is 0.308 e. The molecule has 0 spiro atoms. The summed E-state index contributed by atoms with van der Waals surface area (Å²) in [4.78, 5) is 13.8. The van der Waals surface area contributed by atoms with Crippen molar-refractivity contribution in [3.05, 3.63) is 35.2 Å². The molecule has 1 saturated carbocycles. The molecule has 2 aromatic rings. The highest BCUT2D eigenvalue weighted by Gasteiger charge is 2.51. The number of thiophene rings is 1. The van der Waals surface area contributed by atoms with Crippen LogP contribution in [0.1, 0.15) is 132 Å². The van der Waals surface area contributed by atoms with Gasteiger partial charge in [-0.05, 0) is 116 Å². The number of aliphatic hydroxyl groups is 3. The number of carbonyl (C=O) groups excluding carboxylic acids is 1. The summed E-state index contributed by atoms with van der Waals surface area (Å²) in [5.74, 6) is 0.0608. The van der Waals surface area contributed by atoms with Crippen molar-refractivity contribution in [3.8, 4) is 0 Å². The molecule has 58 heavy (non-hydrogen) atoms. The van der Waals surface area contributed by atoms with Gasteiger partial charge in [0.1, 0.15) is 6.61 Å². The van der Waals surface area contributed by atoms with Crippen LogP contribution in [0.4, 0.5) is 0 Å². The lowest BCUT2D eigenvalue weighted by Gasteiger charge is -2.41. The molecular weight excluding hydrogens is 797 g/mol.